The number of Topliss-reactive ketones (excluding diaryl/α,β-unsaturated/α-hetero) is 1. The van der Waals surface area contributed by atoms with Gasteiger partial charge in [0.15, 0.2) is 11.5 Å². The van der Waals surface area contributed by atoms with E-state index in [1.54, 1.807) is 32.0 Å². The normalized spacial score (nSPS) is 18.4. The molecule has 0 amide bonds. The fourth-order valence-corrected chi connectivity index (χ4v) is 5.39. The van der Waals surface area contributed by atoms with Crippen LogP contribution < -0.4 is 4.74 Å². The number of hydrogen-bond acceptors (Lipinski definition) is 6. The summed E-state index contributed by atoms with van der Waals surface area (Å²) < 4.78 is 38.2. The van der Waals surface area contributed by atoms with Crippen molar-refractivity contribution in [3.05, 3.63) is 41.3 Å². The number of aryl methyl sites for hydroxylation is 2. The molecule has 1 saturated heterocycles. The monoisotopic (exact) mass is 406 g/mol. The Morgan fingerprint density at radius 1 is 1.32 bits per heavy atom. The molecule has 152 valence electrons. The molecule has 0 aliphatic carbocycles. The molecule has 1 fully saturated rings. The molecule has 1 aliphatic rings. The van der Waals surface area contributed by atoms with Gasteiger partial charge in [0.25, 0.3) is 0 Å². The highest BCUT2D eigenvalue weighted by atomic mass is 32.2. The Labute approximate surface area is 165 Å². The van der Waals surface area contributed by atoms with Gasteiger partial charge in [0.05, 0.1) is 6.10 Å². The van der Waals surface area contributed by atoms with Crippen LogP contribution in [0.3, 0.4) is 0 Å². The molecule has 3 rings (SSSR count). The number of hydrogen-bond donors (Lipinski definition) is 0. The van der Waals surface area contributed by atoms with Gasteiger partial charge < -0.3 is 9.26 Å². The van der Waals surface area contributed by atoms with Gasteiger partial charge in [0, 0.05) is 24.6 Å². The van der Waals surface area contributed by atoms with Crippen LogP contribution in [0.4, 0.5) is 0 Å². The maximum Gasteiger partial charge on any atom is 0.248 e. The highest BCUT2D eigenvalue weighted by Crippen LogP contribution is 2.29. The number of aromatic nitrogens is 1. The Balaban J connectivity index is 1.81. The standard InChI is InChI=1S/C20H26N2O5S/c1-13(2)26-18-9-5-7-16(11-18)19(23)17-8-6-10-22(12-17)28(24,25)20-14(3)21-27-15(20)4/h5,7,9,11,13,17H,6,8,10,12H2,1-4H3/t17-/m1/s1. The third-order valence-corrected chi connectivity index (χ3v) is 6.92. The molecule has 0 saturated carbocycles. The molecule has 0 radical (unpaired) electrons. The first-order valence-corrected chi connectivity index (χ1v) is 10.9. The lowest BCUT2D eigenvalue weighted by Gasteiger charge is -2.31. The number of ether oxygens (including phenoxy) is 1. The second-order valence-corrected chi connectivity index (χ2v) is 9.29. The van der Waals surface area contributed by atoms with Gasteiger partial charge in [-0.3, -0.25) is 4.79 Å². The Bertz CT molecular complexity index is 945. The lowest BCUT2D eigenvalue weighted by atomic mass is 9.91. The first-order valence-electron chi connectivity index (χ1n) is 9.44. The maximum absolute atomic E-state index is 13.1. The van der Waals surface area contributed by atoms with E-state index < -0.39 is 15.9 Å². The lowest BCUT2D eigenvalue weighted by molar-refractivity contribution is 0.0871. The van der Waals surface area contributed by atoms with E-state index in [-0.39, 0.29) is 29.1 Å². The van der Waals surface area contributed by atoms with Gasteiger partial charge in [-0.15, -0.1) is 0 Å². The van der Waals surface area contributed by atoms with Crippen molar-refractivity contribution in [3.63, 3.8) is 0 Å². The van der Waals surface area contributed by atoms with Crippen molar-refractivity contribution in [3.8, 4) is 5.75 Å². The molecule has 1 aliphatic heterocycles. The van der Waals surface area contributed by atoms with Crippen LogP contribution in [0.5, 0.6) is 5.75 Å². The molecule has 2 aromatic rings. The summed E-state index contributed by atoms with van der Waals surface area (Å²) >= 11 is 0. The van der Waals surface area contributed by atoms with Crippen LogP contribution in [0.25, 0.3) is 0 Å². The van der Waals surface area contributed by atoms with Gasteiger partial charge in [-0.25, -0.2) is 8.42 Å². The fourth-order valence-electron chi connectivity index (χ4n) is 3.58. The molecule has 8 heteroatoms. The molecule has 0 unspecified atom stereocenters. The van der Waals surface area contributed by atoms with Gasteiger partial charge >= 0.3 is 0 Å². The Morgan fingerprint density at radius 2 is 2.07 bits per heavy atom. The average Bonchev–Trinajstić information content (AvgIpc) is 3.00. The van der Waals surface area contributed by atoms with Crippen LogP contribution >= 0.6 is 0 Å². The second-order valence-electron chi connectivity index (χ2n) is 7.41. The molecule has 1 aromatic carbocycles. The van der Waals surface area contributed by atoms with Crippen LogP contribution in [-0.4, -0.2) is 42.9 Å². The van der Waals surface area contributed by atoms with Crippen molar-refractivity contribution >= 4 is 15.8 Å². The minimum absolute atomic E-state index is 0.00992. The number of carbonyl (C=O) groups is 1. The summed E-state index contributed by atoms with van der Waals surface area (Å²) in [4.78, 5) is 13.1. The van der Waals surface area contributed by atoms with Gasteiger partial charge in [0.2, 0.25) is 10.0 Å². The predicted octanol–water partition coefficient (Wildman–Crippen LogP) is 3.36. The van der Waals surface area contributed by atoms with Gasteiger partial charge in [0.1, 0.15) is 16.3 Å². The smallest absolute Gasteiger partial charge is 0.248 e. The number of ketones is 1. The summed E-state index contributed by atoms with van der Waals surface area (Å²) in [6.07, 6.45) is 1.29. The van der Waals surface area contributed by atoms with E-state index in [1.165, 1.54) is 4.31 Å². The third kappa shape index (κ3) is 4.12. The lowest BCUT2D eigenvalue weighted by Crippen LogP contribution is -2.42. The Morgan fingerprint density at radius 3 is 2.71 bits per heavy atom. The van der Waals surface area contributed by atoms with Crippen LogP contribution in [0, 0.1) is 19.8 Å². The summed E-state index contributed by atoms with van der Waals surface area (Å²) in [7, 11) is -3.75. The fraction of sp³-hybridized carbons (Fsp3) is 0.500. The molecule has 1 atom stereocenters. The van der Waals surface area contributed by atoms with Gasteiger partial charge in [-0.1, -0.05) is 17.3 Å². The molecule has 0 N–H and O–H groups in total. The number of rotatable bonds is 6. The molecule has 28 heavy (non-hydrogen) atoms. The summed E-state index contributed by atoms with van der Waals surface area (Å²) in [5.41, 5.74) is 0.879. The number of carbonyl (C=O) groups excluding carboxylic acids is 1. The quantitative estimate of drug-likeness (QED) is 0.684. The van der Waals surface area contributed by atoms with Crippen molar-refractivity contribution in [1.29, 1.82) is 0 Å². The average molecular weight is 407 g/mol. The van der Waals surface area contributed by atoms with Crippen molar-refractivity contribution in [2.24, 2.45) is 5.92 Å². The molecule has 7 nitrogen and oxygen atoms in total. The van der Waals surface area contributed by atoms with E-state index in [9.17, 15) is 13.2 Å². The number of nitrogens with zero attached hydrogens (tertiary/aromatic N) is 2. The summed E-state index contributed by atoms with van der Waals surface area (Å²) in [5, 5.41) is 3.75. The van der Waals surface area contributed by atoms with Crippen LogP contribution in [-0.2, 0) is 10.0 Å². The van der Waals surface area contributed by atoms with E-state index in [0.29, 0.717) is 36.4 Å². The summed E-state index contributed by atoms with van der Waals surface area (Å²) in [5.74, 6) is 0.451. The molecular weight excluding hydrogens is 380 g/mol. The van der Waals surface area contributed by atoms with Crippen LogP contribution in [0.2, 0.25) is 0 Å². The molecule has 0 spiro atoms. The zero-order chi connectivity index (χ0) is 20.5. The van der Waals surface area contributed by atoms with Crippen LogP contribution in [0.15, 0.2) is 33.7 Å². The zero-order valence-corrected chi connectivity index (χ0v) is 17.5. The van der Waals surface area contributed by atoms with E-state index in [0.717, 1.165) is 0 Å². The van der Waals surface area contributed by atoms with Crippen molar-refractivity contribution < 1.29 is 22.5 Å². The molecule has 0 bridgehead atoms. The first-order chi connectivity index (χ1) is 13.2. The zero-order valence-electron chi connectivity index (χ0n) is 16.6. The maximum atomic E-state index is 13.1. The van der Waals surface area contributed by atoms with Gasteiger partial charge in [-0.05, 0) is 52.7 Å². The summed E-state index contributed by atoms with van der Waals surface area (Å²) in [6, 6.07) is 7.07. The Kier molecular flexibility index (Phi) is 5.90. The molecule has 1 aromatic heterocycles. The van der Waals surface area contributed by atoms with E-state index in [4.69, 9.17) is 9.26 Å². The van der Waals surface area contributed by atoms with Crippen molar-refractivity contribution in [2.75, 3.05) is 13.1 Å². The minimum Gasteiger partial charge on any atom is -0.491 e. The predicted molar refractivity (Wildman–Crippen MR) is 104 cm³/mol. The van der Waals surface area contributed by atoms with E-state index in [1.807, 2.05) is 19.9 Å². The SMILES string of the molecule is Cc1noc(C)c1S(=O)(=O)N1CCC[C@@H](C(=O)c2cccc(OC(C)C)c2)C1. The topological polar surface area (TPSA) is 89.7 Å². The minimum atomic E-state index is -3.75. The first kappa shape index (κ1) is 20.5. The van der Waals surface area contributed by atoms with Crippen molar-refractivity contribution in [2.45, 2.75) is 51.5 Å². The second kappa shape index (κ2) is 8.05. The highest BCUT2D eigenvalue weighted by molar-refractivity contribution is 7.89. The third-order valence-electron chi connectivity index (χ3n) is 4.81. The largest absolute Gasteiger partial charge is 0.491 e. The molecule has 2 heterocycles. The number of sulfonamides is 1. The van der Waals surface area contributed by atoms with E-state index >= 15 is 0 Å². The Hall–Kier alpha value is -2.19. The van der Waals surface area contributed by atoms with Crippen LogP contribution in [0.1, 0.15) is 48.5 Å². The summed E-state index contributed by atoms with van der Waals surface area (Å²) in [6.45, 7) is 7.57. The van der Waals surface area contributed by atoms with Crippen molar-refractivity contribution in [1.82, 2.24) is 9.46 Å². The number of benzene rings is 1. The number of piperidine rings is 1. The van der Waals surface area contributed by atoms with E-state index in [2.05, 4.69) is 5.16 Å². The highest BCUT2D eigenvalue weighted by Gasteiger charge is 2.36. The molecular formula is C20H26N2O5S. The van der Waals surface area contributed by atoms with Gasteiger partial charge in [-0.2, -0.15) is 4.31 Å².